The fraction of sp³-hybridized carbons (Fsp3) is 0.500. The number of anilines is 1. The number of hydrogen-bond acceptors (Lipinski definition) is 4. The van der Waals surface area contributed by atoms with E-state index in [2.05, 4.69) is 41.2 Å². The minimum atomic E-state index is 0.561. The Hall–Kier alpha value is -1.62. The molecule has 0 radical (unpaired) electrons. The normalized spacial score (nSPS) is 11.6. The zero-order valence-corrected chi connectivity index (χ0v) is 10.6. The van der Waals surface area contributed by atoms with E-state index in [-0.39, 0.29) is 0 Å². The smallest absolute Gasteiger partial charge is 0.243 e. The van der Waals surface area contributed by atoms with Crippen LogP contribution in [0.1, 0.15) is 13.8 Å². The summed E-state index contributed by atoms with van der Waals surface area (Å²) in [6.07, 6.45) is 1.90. The average Bonchev–Trinajstić information content (AvgIpc) is 2.71. The highest BCUT2D eigenvalue weighted by Crippen LogP contribution is 2.04. The molecular formula is C12H19N5. The quantitative estimate of drug-likeness (QED) is 0.849. The summed E-state index contributed by atoms with van der Waals surface area (Å²) < 4.78 is 1.77. The first-order chi connectivity index (χ1) is 8.16. The fourth-order valence-electron chi connectivity index (χ4n) is 1.51. The van der Waals surface area contributed by atoms with Crippen LogP contribution < -0.4 is 5.32 Å². The summed E-state index contributed by atoms with van der Waals surface area (Å²) in [6, 6.07) is 6.40. The summed E-state index contributed by atoms with van der Waals surface area (Å²) in [5, 5.41) is 7.57. The maximum Gasteiger partial charge on any atom is 0.243 e. The van der Waals surface area contributed by atoms with E-state index >= 15 is 0 Å². The molecule has 0 atom stereocenters. The third-order valence-electron chi connectivity index (χ3n) is 2.87. The van der Waals surface area contributed by atoms with Gasteiger partial charge in [-0.2, -0.15) is 4.98 Å². The zero-order valence-electron chi connectivity index (χ0n) is 10.6. The van der Waals surface area contributed by atoms with Gasteiger partial charge in [0.1, 0.15) is 0 Å². The number of likely N-dealkylation sites (N-methyl/N-ethyl adjacent to an activating group) is 1. The van der Waals surface area contributed by atoms with Gasteiger partial charge in [-0.1, -0.05) is 6.07 Å². The standard InChI is InChI=1S/C12H19N5/c1-10(2)16(3)9-7-13-12-14-11-6-4-5-8-17(11)15-12/h4-6,8,10H,7,9H2,1-3H3,(H,13,15). The number of hydrogen-bond donors (Lipinski definition) is 1. The Morgan fingerprint density at radius 2 is 2.24 bits per heavy atom. The van der Waals surface area contributed by atoms with Crippen LogP contribution in [0.25, 0.3) is 5.65 Å². The van der Waals surface area contributed by atoms with Gasteiger partial charge in [0, 0.05) is 25.3 Å². The molecule has 2 aromatic heterocycles. The average molecular weight is 233 g/mol. The lowest BCUT2D eigenvalue weighted by Gasteiger charge is -2.20. The third-order valence-corrected chi connectivity index (χ3v) is 2.87. The van der Waals surface area contributed by atoms with Crippen LogP contribution in [-0.4, -0.2) is 45.7 Å². The summed E-state index contributed by atoms with van der Waals surface area (Å²) in [4.78, 5) is 6.66. The maximum absolute atomic E-state index is 4.38. The predicted octanol–water partition coefficient (Wildman–Crippen LogP) is 1.48. The SMILES string of the molecule is CC(C)N(C)CCNc1nc2ccccn2n1. The molecule has 17 heavy (non-hydrogen) atoms. The Labute approximate surface area is 101 Å². The highest BCUT2D eigenvalue weighted by molar-refractivity contribution is 5.42. The number of aromatic nitrogens is 3. The van der Waals surface area contributed by atoms with Gasteiger partial charge in [-0.3, -0.25) is 0 Å². The van der Waals surface area contributed by atoms with Crippen molar-refractivity contribution in [2.24, 2.45) is 0 Å². The lowest BCUT2D eigenvalue weighted by atomic mass is 10.3. The number of rotatable bonds is 5. The van der Waals surface area contributed by atoms with Gasteiger partial charge in [0.05, 0.1) is 0 Å². The Kier molecular flexibility index (Phi) is 3.58. The molecule has 0 saturated carbocycles. The lowest BCUT2D eigenvalue weighted by Crippen LogP contribution is -2.31. The topological polar surface area (TPSA) is 45.5 Å². The summed E-state index contributed by atoms with van der Waals surface area (Å²) in [7, 11) is 2.11. The molecule has 0 aliphatic carbocycles. The molecule has 2 heterocycles. The molecule has 0 amide bonds. The molecule has 5 heteroatoms. The van der Waals surface area contributed by atoms with Crippen molar-refractivity contribution in [3.05, 3.63) is 24.4 Å². The van der Waals surface area contributed by atoms with E-state index in [0.717, 1.165) is 18.7 Å². The third kappa shape index (κ3) is 2.94. The van der Waals surface area contributed by atoms with Gasteiger partial charge in [-0.25, -0.2) is 4.52 Å². The van der Waals surface area contributed by atoms with Crippen LogP contribution in [0.15, 0.2) is 24.4 Å². The molecule has 0 bridgehead atoms. The molecule has 0 aliphatic heterocycles. The molecule has 2 rings (SSSR count). The molecule has 2 aromatic rings. The van der Waals surface area contributed by atoms with E-state index in [0.29, 0.717) is 12.0 Å². The fourth-order valence-corrected chi connectivity index (χ4v) is 1.51. The minimum Gasteiger partial charge on any atom is -0.352 e. The van der Waals surface area contributed by atoms with Crippen molar-refractivity contribution in [2.45, 2.75) is 19.9 Å². The van der Waals surface area contributed by atoms with Crippen molar-refractivity contribution >= 4 is 11.6 Å². The molecular weight excluding hydrogens is 214 g/mol. The summed E-state index contributed by atoms with van der Waals surface area (Å²) >= 11 is 0. The summed E-state index contributed by atoms with van der Waals surface area (Å²) in [5.41, 5.74) is 0.868. The van der Waals surface area contributed by atoms with Gasteiger partial charge in [0.15, 0.2) is 5.65 Å². The van der Waals surface area contributed by atoms with Crippen molar-refractivity contribution in [2.75, 3.05) is 25.5 Å². The van der Waals surface area contributed by atoms with Gasteiger partial charge in [-0.05, 0) is 33.0 Å². The second kappa shape index (κ2) is 5.14. The van der Waals surface area contributed by atoms with Crippen LogP contribution in [0.4, 0.5) is 5.95 Å². The van der Waals surface area contributed by atoms with Gasteiger partial charge in [0.25, 0.3) is 0 Å². The van der Waals surface area contributed by atoms with Crippen molar-refractivity contribution in [1.29, 1.82) is 0 Å². The molecule has 0 aliphatic rings. The monoisotopic (exact) mass is 233 g/mol. The van der Waals surface area contributed by atoms with Crippen LogP contribution >= 0.6 is 0 Å². The molecule has 92 valence electrons. The number of fused-ring (bicyclic) bond motifs is 1. The van der Waals surface area contributed by atoms with E-state index in [1.807, 2.05) is 24.4 Å². The first-order valence-corrected chi connectivity index (χ1v) is 5.92. The van der Waals surface area contributed by atoms with Crippen molar-refractivity contribution in [1.82, 2.24) is 19.5 Å². The lowest BCUT2D eigenvalue weighted by molar-refractivity contribution is 0.284. The maximum atomic E-state index is 4.38. The van der Waals surface area contributed by atoms with Crippen LogP contribution in [0.5, 0.6) is 0 Å². The molecule has 0 saturated heterocycles. The molecule has 0 unspecified atom stereocenters. The van der Waals surface area contributed by atoms with Gasteiger partial charge in [0.2, 0.25) is 5.95 Å². The van der Waals surface area contributed by atoms with E-state index in [1.54, 1.807) is 4.52 Å². The first kappa shape index (κ1) is 11.9. The van der Waals surface area contributed by atoms with E-state index in [9.17, 15) is 0 Å². The van der Waals surface area contributed by atoms with Crippen LogP contribution in [-0.2, 0) is 0 Å². The van der Waals surface area contributed by atoms with Crippen LogP contribution in [0.3, 0.4) is 0 Å². The number of nitrogens with one attached hydrogen (secondary N) is 1. The molecule has 0 spiro atoms. The molecule has 1 N–H and O–H groups in total. The highest BCUT2D eigenvalue weighted by atomic mass is 15.3. The van der Waals surface area contributed by atoms with Gasteiger partial charge >= 0.3 is 0 Å². The second-order valence-electron chi connectivity index (χ2n) is 4.44. The van der Waals surface area contributed by atoms with Gasteiger partial charge < -0.3 is 10.2 Å². The van der Waals surface area contributed by atoms with Crippen molar-refractivity contribution < 1.29 is 0 Å². The number of nitrogens with zero attached hydrogens (tertiary/aromatic N) is 4. The molecule has 0 aromatic carbocycles. The van der Waals surface area contributed by atoms with Crippen LogP contribution in [0.2, 0.25) is 0 Å². The van der Waals surface area contributed by atoms with Gasteiger partial charge in [-0.15, -0.1) is 5.10 Å². The molecule has 0 fully saturated rings. The Bertz CT molecular complexity index is 443. The first-order valence-electron chi connectivity index (χ1n) is 5.92. The highest BCUT2D eigenvalue weighted by Gasteiger charge is 2.04. The second-order valence-corrected chi connectivity index (χ2v) is 4.44. The zero-order chi connectivity index (χ0) is 12.3. The van der Waals surface area contributed by atoms with Crippen molar-refractivity contribution in [3.63, 3.8) is 0 Å². The Morgan fingerprint density at radius 1 is 1.41 bits per heavy atom. The van der Waals surface area contributed by atoms with E-state index < -0.39 is 0 Å². The molecule has 5 nitrogen and oxygen atoms in total. The summed E-state index contributed by atoms with van der Waals surface area (Å²) in [5.74, 6) is 0.688. The number of pyridine rings is 1. The summed E-state index contributed by atoms with van der Waals surface area (Å²) in [6.45, 7) is 6.20. The van der Waals surface area contributed by atoms with Crippen LogP contribution in [0, 0.1) is 0 Å². The van der Waals surface area contributed by atoms with Crippen molar-refractivity contribution in [3.8, 4) is 0 Å². The van der Waals surface area contributed by atoms with E-state index in [4.69, 9.17) is 0 Å². The van der Waals surface area contributed by atoms with E-state index in [1.165, 1.54) is 0 Å². The minimum absolute atomic E-state index is 0.561. The largest absolute Gasteiger partial charge is 0.352 e. The Morgan fingerprint density at radius 3 is 2.94 bits per heavy atom. The Balaban J connectivity index is 1.91. The predicted molar refractivity (Wildman–Crippen MR) is 69.2 cm³/mol.